The van der Waals surface area contributed by atoms with Crippen molar-refractivity contribution in [2.45, 2.75) is 490 Å². The van der Waals surface area contributed by atoms with Crippen molar-refractivity contribution < 1.29 is 19.8 Å². The Bertz CT molecular complexity index is 1130. The van der Waals surface area contributed by atoms with E-state index in [9.17, 15) is 19.8 Å². The van der Waals surface area contributed by atoms with E-state index in [1.807, 2.05) is 0 Å². The van der Waals surface area contributed by atoms with Crippen molar-refractivity contribution in [3.63, 3.8) is 0 Å². The van der Waals surface area contributed by atoms with E-state index in [-0.39, 0.29) is 50.8 Å². The Kier molecular flexibility index (Phi) is 92.3. The van der Waals surface area contributed by atoms with Gasteiger partial charge in [-0.1, -0.05) is 464 Å². The second-order valence-electron chi connectivity index (χ2n) is 29.3. The Morgan fingerprint density at radius 1 is 0.176 bits per heavy atom. The molecule has 0 aromatic heterocycles. The summed E-state index contributed by atoms with van der Waals surface area (Å²) in [6.45, 7) is 13.1. The number of carboxylic acid groups (broad SMARTS) is 2. The Balaban J connectivity index is -0.00000168. The number of carboxylic acids is 2. The smallest absolute Gasteiger partial charge is 0.549 e. The number of aliphatic carboxylic acids is 2. The third-order valence-corrected chi connectivity index (χ3v) is 20.0. The van der Waals surface area contributed by atoms with Crippen LogP contribution < -0.4 is 10.2 Å². The number of hydrogen-bond acceptors (Lipinski definition) is 6. The van der Waals surface area contributed by atoms with Crippen LogP contribution in [0.3, 0.4) is 0 Å². The van der Waals surface area contributed by atoms with Crippen LogP contribution in [0.2, 0.25) is 0 Å². The van der Waals surface area contributed by atoms with E-state index < -0.39 is 11.9 Å². The van der Waals surface area contributed by atoms with Gasteiger partial charge in [-0.15, -0.1) is 0 Å². The van der Waals surface area contributed by atoms with Crippen LogP contribution in [0, 0.1) is 0 Å². The first kappa shape index (κ1) is 95.3. The van der Waals surface area contributed by atoms with Crippen molar-refractivity contribution in [2.24, 2.45) is 0 Å². The topological polar surface area (TPSA) is 86.7 Å². The van der Waals surface area contributed by atoms with Crippen molar-refractivity contribution >= 4 is 49.7 Å². The van der Waals surface area contributed by atoms with Gasteiger partial charge in [0, 0.05) is 13.1 Å². The Morgan fingerprint density at radius 3 is 0.352 bits per heavy atom. The standard InChI is InChI=1S/2C42H85NO2.Ca/c2*1-3-5-7-9-11-13-15-17-19-21-23-25-27-29-31-33-35-37-39-43(41-42(44)45)40-38-36-34-32-30-28-26-24-22-20-18-16-14-12-10-8-6-4-2;/h2*3-41H2,1-2H3,(H,44,45);/q;;+2/p-2. The fourth-order valence-corrected chi connectivity index (χ4v) is 13.9. The van der Waals surface area contributed by atoms with E-state index in [1.165, 1.54) is 437 Å². The van der Waals surface area contributed by atoms with Gasteiger partial charge >= 0.3 is 37.7 Å². The van der Waals surface area contributed by atoms with Crippen LogP contribution in [0.25, 0.3) is 0 Å². The molecule has 0 amide bonds. The maximum Gasteiger partial charge on any atom is 2.00 e. The SMILES string of the molecule is CCCCCCCCCCCCCCCCCCCCN(CCCCCCCCCCCCCCCCCCCC)CC(=O)[O-].CCCCCCCCCCCCCCCCCCCCN(CCCCCCCCCCCCCCCCCCCC)CC(=O)[O-].[Ca+2]. The number of carbonyl (C=O) groups excluding carboxylic acids is 2. The average Bonchev–Trinajstić information content (AvgIpc) is 3.65. The molecule has 0 bridgehead atoms. The van der Waals surface area contributed by atoms with Crippen molar-refractivity contribution in [3.05, 3.63) is 0 Å². The number of hydrogen-bond donors (Lipinski definition) is 0. The molecule has 0 rings (SSSR count). The molecule has 0 saturated heterocycles. The quantitative estimate of drug-likeness (QED) is 0.0445. The predicted molar refractivity (Wildman–Crippen MR) is 404 cm³/mol. The minimum absolute atomic E-state index is 0. The number of nitrogens with zero attached hydrogens (tertiary/aromatic N) is 2. The molecule has 91 heavy (non-hydrogen) atoms. The van der Waals surface area contributed by atoms with E-state index in [2.05, 4.69) is 37.5 Å². The van der Waals surface area contributed by atoms with E-state index in [1.54, 1.807) is 0 Å². The summed E-state index contributed by atoms with van der Waals surface area (Å²) in [6, 6.07) is 0. The molecule has 0 spiro atoms. The molecule has 0 N–H and O–H groups in total. The van der Waals surface area contributed by atoms with Crippen LogP contribution in [0.1, 0.15) is 490 Å². The Morgan fingerprint density at radius 2 is 0.264 bits per heavy atom. The predicted octanol–water partition coefficient (Wildman–Crippen LogP) is 25.9. The molecule has 0 aliphatic heterocycles. The van der Waals surface area contributed by atoms with Gasteiger partial charge in [0.1, 0.15) is 0 Å². The van der Waals surface area contributed by atoms with Crippen LogP contribution in [0.15, 0.2) is 0 Å². The molecular weight excluding hydrogens is 1140 g/mol. The minimum atomic E-state index is -0.917. The zero-order chi connectivity index (χ0) is 65.5. The summed E-state index contributed by atoms with van der Waals surface area (Å²) in [6.07, 6.45) is 99.9. The summed E-state index contributed by atoms with van der Waals surface area (Å²) in [7, 11) is 0. The monoisotopic (exact) mass is 1310 g/mol. The molecule has 0 aliphatic carbocycles. The first-order valence-corrected chi connectivity index (χ1v) is 42.2. The van der Waals surface area contributed by atoms with Crippen molar-refractivity contribution in [3.8, 4) is 0 Å². The maximum atomic E-state index is 11.2. The third-order valence-electron chi connectivity index (χ3n) is 20.0. The van der Waals surface area contributed by atoms with E-state index in [4.69, 9.17) is 0 Å². The van der Waals surface area contributed by atoms with Crippen LogP contribution in [0.4, 0.5) is 0 Å². The summed E-state index contributed by atoms with van der Waals surface area (Å²) in [4.78, 5) is 26.7. The van der Waals surface area contributed by atoms with Crippen LogP contribution in [0.5, 0.6) is 0 Å². The molecule has 0 atom stereocenters. The van der Waals surface area contributed by atoms with Gasteiger partial charge in [-0.25, -0.2) is 0 Å². The minimum Gasteiger partial charge on any atom is -0.549 e. The molecule has 0 aromatic carbocycles. The molecule has 0 aliphatic rings. The van der Waals surface area contributed by atoms with Crippen LogP contribution in [-0.4, -0.2) is 98.7 Å². The Hall–Kier alpha value is 0.120. The van der Waals surface area contributed by atoms with Crippen molar-refractivity contribution in [2.75, 3.05) is 39.3 Å². The zero-order valence-corrected chi connectivity index (χ0v) is 65.6. The van der Waals surface area contributed by atoms with E-state index >= 15 is 0 Å². The van der Waals surface area contributed by atoms with Gasteiger partial charge in [0.25, 0.3) is 0 Å². The van der Waals surface area contributed by atoms with Crippen molar-refractivity contribution in [1.82, 2.24) is 9.80 Å². The van der Waals surface area contributed by atoms with Gasteiger partial charge in [-0.3, -0.25) is 9.80 Å². The van der Waals surface area contributed by atoms with Crippen LogP contribution in [-0.2, 0) is 9.59 Å². The molecule has 0 saturated carbocycles. The molecular formula is C84H168CaN2O4. The second-order valence-corrected chi connectivity index (χ2v) is 29.3. The summed E-state index contributed by atoms with van der Waals surface area (Å²) >= 11 is 0. The molecule has 540 valence electrons. The number of carbonyl (C=O) groups is 2. The Labute approximate surface area is 604 Å². The van der Waals surface area contributed by atoms with Gasteiger partial charge in [0.15, 0.2) is 0 Å². The average molecular weight is 1310 g/mol. The third kappa shape index (κ3) is 90.1. The summed E-state index contributed by atoms with van der Waals surface area (Å²) < 4.78 is 0. The van der Waals surface area contributed by atoms with Gasteiger partial charge in [-0.05, 0) is 51.9 Å². The number of rotatable bonds is 80. The molecule has 0 heterocycles. The normalized spacial score (nSPS) is 11.5. The summed E-state index contributed by atoms with van der Waals surface area (Å²) in [5.74, 6) is -1.83. The fourth-order valence-electron chi connectivity index (χ4n) is 13.9. The second kappa shape index (κ2) is 88.1. The molecule has 0 unspecified atom stereocenters. The van der Waals surface area contributed by atoms with Gasteiger partial charge in [0.2, 0.25) is 0 Å². The molecule has 7 heteroatoms. The van der Waals surface area contributed by atoms with Gasteiger partial charge in [-0.2, -0.15) is 0 Å². The molecule has 0 fully saturated rings. The first-order valence-electron chi connectivity index (χ1n) is 42.2. The van der Waals surface area contributed by atoms with Gasteiger partial charge in [0.05, 0.1) is 11.9 Å². The molecule has 6 nitrogen and oxygen atoms in total. The van der Waals surface area contributed by atoms with E-state index in [0.29, 0.717) is 0 Å². The number of unbranched alkanes of at least 4 members (excludes halogenated alkanes) is 68. The van der Waals surface area contributed by atoms with E-state index in [0.717, 1.165) is 51.9 Å². The summed E-state index contributed by atoms with van der Waals surface area (Å²) in [5, 5.41) is 22.5. The molecule has 0 radical (unpaired) electrons. The van der Waals surface area contributed by atoms with Crippen molar-refractivity contribution in [1.29, 1.82) is 0 Å². The zero-order valence-electron chi connectivity index (χ0n) is 63.4. The maximum absolute atomic E-state index is 11.2. The van der Waals surface area contributed by atoms with Gasteiger partial charge < -0.3 is 19.8 Å². The fraction of sp³-hybridized carbons (Fsp3) is 0.976. The summed E-state index contributed by atoms with van der Waals surface area (Å²) in [5.41, 5.74) is 0. The molecule has 0 aromatic rings. The largest absolute Gasteiger partial charge is 2.00 e. The first-order chi connectivity index (χ1) is 44.4. The van der Waals surface area contributed by atoms with Crippen LogP contribution >= 0.6 is 0 Å².